The van der Waals surface area contributed by atoms with Crippen LogP contribution in [0.3, 0.4) is 0 Å². The number of ketones is 1. The highest BCUT2D eigenvalue weighted by molar-refractivity contribution is 5.75. The zero-order valence-electron chi connectivity index (χ0n) is 11.4. The van der Waals surface area contributed by atoms with Crippen molar-refractivity contribution in [2.45, 2.75) is 51.6 Å². The van der Waals surface area contributed by atoms with Crippen molar-refractivity contribution >= 4 is 11.8 Å². The Hall–Kier alpha value is -1.16. The Morgan fingerprint density at radius 3 is 2.56 bits per heavy atom. The normalized spacial score (nSPS) is 11.9. The Bertz CT molecular complexity index is 261. The quantitative estimate of drug-likeness (QED) is 0.324. The van der Waals surface area contributed by atoms with Crippen molar-refractivity contribution < 1.29 is 19.1 Å². The number of hydrogen-bond acceptors (Lipinski definition) is 4. The topological polar surface area (TPSA) is 52.6 Å². The van der Waals surface area contributed by atoms with Crippen LogP contribution >= 0.6 is 0 Å². The number of carbonyl (C=O) groups excluding carboxylic acids is 2. The molecule has 0 saturated carbocycles. The smallest absolute Gasteiger partial charge is 0.332 e. The van der Waals surface area contributed by atoms with Crippen LogP contribution in [0.1, 0.15) is 45.4 Å². The van der Waals surface area contributed by atoms with Gasteiger partial charge in [-0.15, -0.1) is 6.58 Å². The van der Waals surface area contributed by atoms with Gasteiger partial charge in [-0.1, -0.05) is 6.08 Å². The molecule has 1 unspecified atom stereocenters. The summed E-state index contributed by atoms with van der Waals surface area (Å²) in [6.07, 6.45) is 6.49. The van der Waals surface area contributed by atoms with Gasteiger partial charge in [-0.05, 0) is 39.0 Å². The molecule has 0 radical (unpaired) electrons. The molecule has 0 bridgehead atoms. The van der Waals surface area contributed by atoms with Gasteiger partial charge < -0.3 is 14.3 Å². The fourth-order valence-corrected chi connectivity index (χ4v) is 1.62. The third-order valence-electron chi connectivity index (χ3n) is 2.56. The Kier molecular flexibility index (Phi) is 10.3. The fraction of sp³-hybridized carbons (Fsp3) is 0.714. The van der Waals surface area contributed by atoms with Crippen LogP contribution in [0.5, 0.6) is 0 Å². The van der Waals surface area contributed by atoms with Crippen LogP contribution in [0.2, 0.25) is 0 Å². The lowest BCUT2D eigenvalue weighted by molar-refractivity contribution is -0.154. The van der Waals surface area contributed by atoms with Crippen molar-refractivity contribution in [1.29, 1.82) is 0 Å². The van der Waals surface area contributed by atoms with E-state index in [0.717, 1.165) is 25.7 Å². The zero-order chi connectivity index (χ0) is 13.8. The number of esters is 1. The summed E-state index contributed by atoms with van der Waals surface area (Å²) in [5.41, 5.74) is 0. The summed E-state index contributed by atoms with van der Waals surface area (Å²) in [5, 5.41) is 0. The molecule has 0 aromatic rings. The van der Waals surface area contributed by atoms with Crippen LogP contribution in [0, 0.1) is 0 Å². The first-order chi connectivity index (χ1) is 8.60. The molecule has 1 atom stereocenters. The lowest BCUT2D eigenvalue weighted by Crippen LogP contribution is -2.22. The molecular formula is C14H24O4. The van der Waals surface area contributed by atoms with E-state index in [1.54, 1.807) is 6.92 Å². The van der Waals surface area contributed by atoms with Gasteiger partial charge in [0, 0.05) is 13.5 Å². The van der Waals surface area contributed by atoms with Gasteiger partial charge in [0.2, 0.25) is 0 Å². The molecule has 0 saturated heterocycles. The van der Waals surface area contributed by atoms with Crippen LogP contribution in [0.25, 0.3) is 0 Å². The standard InChI is InChI=1S/C14H24O4/c1-4-5-6-7-8-13(10-9-12(2)15)18-14(16)11-17-3/h4,13H,1,5-11H2,2-3H3. The summed E-state index contributed by atoms with van der Waals surface area (Å²) >= 11 is 0. The predicted octanol–water partition coefficient (Wildman–Crippen LogP) is 2.66. The van der Waals surface area contributed by atoms with Gasteiger partial charge in [-0.3, -0.25) is 0 Å². The van der Waals surface area contributed by atoms with Crippen molar-refractivity contribution in [3.05, 3.63) is 12.7 Å². The third kappa shape index (κ3) is 10.0. The molecular weight excluding hydrogens is 232 g/mol. The average Bonchev–Trinajstić information content (AvgIpc) is 2.31. The van der Waals surface area contributed by atoms with Crippen LogP contribution in [0.15, 0.2) is 12.7 Å². The van der Waals surface area contributed by atoms with Crippen LogP contribution < -0.4 is 0 Å². The molecule has 0 aromatic heterocycles. The minimum Gasteiger partial charge on any atom is -0.461 e. The molecule has 0 aliphatic rings. The first-order valence-electron chi connectivity index (χ1n) is 6.39. The van der Waals surface area contributed by atoms with Crippen molar-refractivity contribution in [2.24, 2.45) is 0 Å². The number of allylic oxidation sites excluding steroid dienone is 1. The molecule has 4 heteroatoms. The zero-order valence-corrected chi connectivity index (χ0v) is 11.4. The Balaban J connectivity index is 4.02. The van der Waals surface area contributed by atoms with Crippen LogP contribution in [-0.2, 0) is 19.1 Å². The minimum atomic E-state index is -0.366. The Labute approximate surface area is 109 Å². The summed E-state index contributed by atoms with van der Waals surface area (Å²) in [6, 6.07) is 0. The summed E-state index contributed by atoms with van der Waals surface area (Å²) < 4.78 is 10.00. The highest BCUT2D eigenvalue weighted by Crippen LogP contribution is 2.13. The molecule has 18 heavy (non-hydrogen) atoms. The Morgan fingerprint density at radius 1 is 1.28 bits per heavy atom. The van der Waals surface area contributed by atoms with Gasteiger partial charge in [0.15, 0.2) is 0 Å². The van der Waals surface area contributed by atoms with E-state index in [-0.39, 0.29) is 24.5 Å². The van der Waals surface area contributed by atoms with Crippen molar-refractivity contribution in [1.82, 2.24) is 0 Å². The molecule has 0 rings (SSSR count). The summed E-state index contributed by atoms with van der Waals surface area (Å²) in [6.45, 7) is 5.17. The summed E-state index contributed by atoms with van der Waals surface area (Å²) in [5.74, 6) is -0.247. The van der Waals surface area contributed by atoms with Gasteiger partial charge in [-0.2, -0.15) is 0 Å². The van der Waals surface area contributed by atoms with Crippen molar-refractivity contribution in [3.63, 3.8) is 0 Å². The third-order valence-corrected chi connectivity index (χ3v) is 2.56. The lowest BCUT2D eigenvalue weighted by atomic mass is 10.0. The maximum atomic E-state index is 11.3. The first-order valence-corrected chi connectivity index (χ1v) is 6.39. The second-order valence-corrected chi connectivity index (χ2v) is 4.36. The van der Waals surface area contributed by atoms with E-state index in [4.69, 9.17) is 9.47 Å². The van der Waals surface area contributed by atoms with E-state index in [9.17, 15) is 9.59 Å². The highest BCUT2D eigenvalue weighted by Gasteiger charge is 2.14. The van der Waals surface area contributed by atoms with E-state index in [0.29, 0.717) is 12.8 Å². The highest BCUT2D eigenvalue weighted by atomic mass is 16.6. The van der Waals surface area contributed by atoms with Gasteiger partial charge in [0.05, 0.1) is 0 Å². The van der Waals surface area contributed by atoms with E-state index < -0.39 is 0 Å². The Morgan fingerprint density at radius 2 is 2.00 bits per heavy atom. The van der Waals surface area contributed by atoms with E-state index in [1.165, 1.54) is 7.11 Å². The van der Waals surface area contributed by atoms with E-state index in [1.807, 2.05) is 6.08 Å². The summed E-state index contributed by atoms with van der Waals surface area (Å²) in [4.78, 5) is 22.3. The predicted molar refractivity (Wildman–Crippen MR) is 70.3 cm³/mol. The number of ether oxygens (including phenoxy) is 2. The minimum absolute atomic E-state index is 0.0385. The van der Waals surface area contributed by atoms with Crippen molar-refractivity contribution in [3.8, 4) is 0 Å². The van der Waals surface area contributed by atoms with Gasteiger partial charge >= 0.3 is 5.97 Å². The fourth-order valence-electron chi connectivity index (χ4n) is 1.62. The number of rotatable bonds is 11. The molecule has 0 aliphatic carbocycles. The second kappa shape index (κ2) is 11.0. The number of hydrogen-bond donors (Lipinski definition) is 0. The number of unbranched alkanes of at least 4 members (excludes halogenated alkanes) is 2. The van der Waals surface area contributed by atoms with Crippen LogP contribution in [-0.4, -0.2) is 31.6 Å². The van der Waals surface area contributed by atoms with Gasteiger partial charge in [0.1, 0.15) is 18.5 Å². The summed E-state index contributed by atoms with van der Waals surface area (Å²) in [7, 11) is 1.45. The molecule has 0 spiro atoms. The number of Topliss-reactive ketones (excluding diaryl/α,β-unsaturated/α-hetero) is 1. The molecule has 0 aromatic carbocycles. The van der Waals surface area contributed by atoms with Gasteiger partial charge in [0.25, 0.3) is 0 Å². The monoisotopic (exact) mass is 256 g/mol. The molecule has 0 aliphatic heterocycles. The first kappa shape index (κ1) is 16.8. The SMILES string of the molecule is C=CCCCCC(CCC(C)=O)OC(=O)COC. The molecule has 0 heterocycles. The van der Waals surface area contributed by atoms with E-state index in [2.05, 4.69) is 6.58 Å². The molecule has 104 valence electrons. The van der Waals surface area contributed by atoms with Gasteiger partial charge in [-0.25, -0.2) is 4.79 Å². The second-order valence-electron chi connectivity index (χ2n) is 4.36. The average molecular weight is 256 g/mol. The van der Waals surface area contributed by atoms with E-state index >= 15 is 0 Å². The van der Waals surface area contributed by atoms with Crippen molar-refractivity contribution in [2.75, 3.05) is 13.7 Å². The lowest BCUT2D eigenvalue weighted by Gasteiger charge is -2.17. The molecule has 0 fully saturated rings. The number of carbonyl (C=O) groups is 2. The maximum Gasteiger partial charge on any atom is 0.332 e. The molecule has 0 amide bonds. The molecule has 4 nitrogen and oxygen atoms in total. The largest absolute Gasteiger partial charge is 0.461 e. The molecule has 0 N–H and O–H groups in total. The maximum absolute atomic E-state index is 11.3. The number of methoxy groups -OCH3 is 1. The van der Waals surface area contributed by atoms with Crippen LogP contribution in [0.4, 0.5) is 0 Å².